The monoisotopic (exact) mass is 388 g/mol. The van der Waals surface area contributed by atoms with E-state index < -0.39 is 22.2 Å². The first-order valence-electron chi connectivity index (χ1n) is 9.11. The molecule has 0 radical (unpaired) electrons. The van der Waals surface area contributed by atoms with Crippen molar-refractivity contribution in [3.8, 4) is 0 Å². The molecule has 0 aliphatic carbocycles. The lowest BCUT2D eigenvalue weighted by molar-refractivity contribution is 0.535. The van der Waals surface area contributed by atoms with E-state index in [0.29, 0.717) is 12.8 Å². The van der Waals surface area contributed by atoms with Crippen LogP contribution >= 0.6 is 0 Å². The average molecular weight is 388 g/mol. The quantitative estimate of drug-likeness (QED) is 0.320. The molecule has 3 rings (SSSR count). The topological polar surface area (TPSA) is 182 Å². The van der Waals surface area contributed by atoms with Crippen LogP contribution in [0.15, 0.2) is 31.3 Å². The zero-order valence-electron chi connectivity index (χ0n) is 15.4. The van der Waals surface area contributed by atoms with Crippen LogP contribution in [0.3, 0.4) is 0 Å². The van der Waals surface area contributed by atoms with E-state index in [-0.39, 0.29) is 59.8 Å². The summed E-state index contributed by atoms with van der Waals surface area (Å²) in [5.74, 6) is 0. The zero-order valence-corrected chi connectivity index (χ0v) is 15.4. The molecular weight excluding hydrogens is 364 g/mol. The molecular formula is C18H24N6O4. The summed E-state index contributed by atoms with van der Waals surface area (Å²) in [7, 11) is 0. The Kier molecular flexibility index (Phi) is 5.57. The molecule has 3 aromatic rings. The summed E-state index contributed by atoms with van der Waals surface area (Å²) in [6, 6.07) is 2.00. The maximum atomic E-state index is 12.6. The fraction of sp³-hybridized carbons (Fsp3) is 0.444. The molecule has 0 aliphatic rings. The van der Waals surface area contributed by atoms with E-state index in [4.69, 9.17) is 22.9 Å². The second-order valence-corrected chi connectivity index (χ2v) is 7.04. The van der Waals surface area contributed by atoms with Crippen LogP contribution < -0.4 is 45.2 Å². The van der Waals surface area contributed by atoms with Crippen LogP contribution in [0.4, 0.5) is 0 Å². The highest BCUT2D eigenvalue weighted by atomic mass is 16.2. The fourth-order valence-corrected chi connectivity index (χ4v) is 3.31. The summed E-state index contributed by atoms with van der Waals surface area (Å²) < 4.78 is 2.14. The molecule has 1 aromatic carbocycles. The Balaban J connectivity index is 2.11. The highest BCUT2D eigenvalue weighted by Crippen LogP contribution is 2.14. The minimum absolute atomic E-state index is 0.117. The highest BCUT2D eigenvalue weighted by Gasteiger charge is 2.19. The summed E-state index contributed by atoms with van der Waals surface area (Å²) >= 11 is 0. The molecule has 2 heterocycles. The van der Waals surface area contributed by atoms with Crippen molar-refractivity contribution in [3.05, 3.63) is 53.5 Å². The molecule has 2 atom stereocenters. The summed E-state index contributed by atoms with van der Waals surface area (Å²) in [6.07, 6.45) is 0.740. The number of hydrogen-bond donors (Lipinski definition) is 4. The van der Waals surface area contributed by atoms with E-state index in [1.54, 1.807) is 0 Å². The van der Waals surface area contributed by atoms with E-state index in [0.717, 1.165) is 9.13 Å². The van der Waals surface area contributed by atoms with Crippen molar-refractivity contribution in [2.24, 2.45) is 22.9 Å². The number of nitrogens with zero attached hydrogens (tertiary/aromatic N) is 2. The van der Waals surface area contributed by atoms with Gasteiger partial charge in [0.1, 0.15) is 0 Å². The third kappa shape index (κ3) is 3.31. The third-order valence-electron chi connectivity index (χ3n) is 5.11. The van der Waals surface area contributed by atoms with Gasteiger partial charge in [-0.3, -0.25) is 28.3 Å². The Morgan fingerprint density at radius 1 is 0.643 bits per heavy atom. The van der Waals surface area contributed by atoms with Gasteiger partial charge in [-0.25, -0.2) is 0 Å². The molecule has 0 amide bonds. The first-order valence-corrected chi connectivity index (χ1v) is 9.11. The Bertz CT molecular complexity index is 1050. The number of aromatic nitrogens is 2. The second-order valence-electron chi connectivity index (χ2n) is 7.04. The third-order valence-corrected chi connectivity index (χ3v) is 5.11. The Morgan fingerprint density at radius 2 is 0.929 bits per heavy atom. The van der Waals surface area contributed by atoms with Gasteiger partial charge in [0, 0.05) is 38.3 Å². The minimum Gasteiger partial charge on any atom is -0.329 e. The summed E-state index contributed by atoms with van der Waals surface area (Å²) in [6.45, 7) is 0.731. The second kappa shape index (κ2) is 7.76. The average Bonchev–Trinajstić information content (AvgIpc) is 3.07. The zero-order chi connectivity index (χ0) is 20.6. The van der Waals surface area contributed by atoms with E-state index >= 15 is 0 Å². The van der Waals surface area contributed by atoms with Crippen molar-refractivity contribution >= 4 is 21.5 Å². The predicted molar refractivity (Wildman–Crippen MR) is 108 cm³/mol. The van der Waals surface area contributed by atoms with E-state index in [1.807, 2.05) is 0 Å². The van der Waals surface area contributed by atoms with Crippen LogP contribution in [0.5, 0.6) is 0 Å². The number of fused-ring (bicyclic) bond motifs is 2. The van der Waals surface area contributed by atoms with Gasteiger partial charge in [0.15, 0.2) is 0 Å². The van der Waals surface area contributed by atoms with Gasteiger partial charge in [-0.2, -0.15) is 0 Å². The van der Waals surface area contributed by atoms with Gasteiger partial charge >= 0.3 is 0 Å². The molecule has 2 unspecified atom stereocenters. The number of rotatable bonds is 8. The summed E-state index contributed by atoms with van der Waals surface area (Å²) in [5.41, 5.74) is 20.4. The van der Waals surface area contributed by atoms with Crippen LogP contribution in [0, 0.1) is 0 Å². The standard InChI is InChI=1S/C18H24N6O4/c19-7-9(21)1-3-23-15(25)11-5-13-14(6-12(11)16(23)26)18(28)24(17(13)27)4-2-10(22)8-20/h5-6,9-10H,1-4,7-8,19-22H2. The Labute approximate surface area is 159 Å². The van der Waals surface area contributed by atoms with Crippen LogP contribution in [-0.4, -0.2) is 34.3 Å². The first kappa shape index (κ1) is 20.1. The van der Waals surface area contributed by atoms with Crippen LogP contribution in [0.1, 0.15) is 12.8 Å². The molecule has 2 aromatic heterocycles. The maximum absolute atomic E-state index is 12.6. The number of nitrogens with two attached hydrogens (primary N) is 4. The largest absolute Gasteiger partial charge is 0.329 e. The van der Waals surface area contributed by atoms with Crippen molar-refractivity contribution in [2.75, 3.05) is 13.1 Å². The van der Waals surface area contributed by atoms with Gasteiger partial charge in [0.2, 0.25) is 0 Å². The fourth-order valence-electron chi connectivity index (χ4n) is 3.31. The van der Waals surface area contributed by atoms with Crippen molar-refractivity contribution in [1.29, 1.82) is 0 Å². The van der Waals surface area contributed by atoms with E-state index in [2.05, 4.69) is 0 Å². The van der Waals surface area contributed by atoms with Gasteiger partial charge in [-0.15, -0.1) is 0 Å². The number of benzene rings is 1. The van der Waals surface area contributed by atoms with Crippen LogP contribution in [0.2, 0.25) is 0 Å². The first-order chi connectivity index (χ1) is 13.3. The molecule has 0 saturated heterocycles. The molecule has 0 bridgehead atoms. The van der Waals surface area contributed by atoms with Gasteiger partial charge in [0.05, 0.1) is 21.5 Å². The molecule has 0 aliphatic heterocycles. The van der Waals surface area contributed by atoms with Gasteiger partial charge in [0.25, 0.3) is 22.2 Å². The van der Waals surface area contributed by atoms with Crippen molar-refractivity contribution < 1.29 is 0 Å². The number of hydrogen-bond acceptors (Lipinski definition) is 8. The minimum atomic E-state index is -0.504. The molecule has 150 valence electrons. The van der Waals surface area contributed by atoms with Crippen LogP contribution in [0.25, 0.3) is 21.5 Å². The van der Waals surface area contributed by atoms with Crippen molar-refractivity contribution in [2.45, 2.75) is 38.0 Å². The van der Waals surface area contributed by atoms with Crippen LogP contribution in [-0.2, 0) is 13.1 Å². The lowest BCUT2D eigenvalue weighted by atomic mass is 10.1. The van der Waals surface area contributed by atoms with Crippen molar-refractivity contribution in [3.63, 3.8) is 0 Å². The van der Waals surface area contributed by atoms with E-state index in [9.17, 15) is 19.2 Å². The molecule has 0 saturated carbocycles. The normalized spacial score (nSPS) is 14.1. The molecule has 0 spiro atoms. The maximum Gasteiger partial charge on any atom is 0.261 e. The highest BCUT2D eigenvalue weighted by molar-refractivity contribution is 5.97. The molecule has 10 nitrogen and oxygen atoms in total. The molecule has 8 N–H and O–H groups in total. The molecule has 10 heteroatoms. The lowest BCUT2D eigenvalue weighted by Crippen LogP contribution is -2.34. The summed E-state index contributed by atoms with van der Waals surface area (Å²) in [4.78, 5) is 50.5. The molecule has 28 heavy (non-hydrogen) atoms. The van der Waals surface area contributed by atoms with Crippen molar-refractivity contribution in [1.82, 2.24) is 9.13 Å². The SMILES string of the molecule is NCC(N)CCn1c(=O)c2cc3c(=O)n(CCC(N)CN)c(=O)c3cc2c1=O. The van der Waals surface area contributed by atoms with Gasteiger partial charge in [-0.1, -0.05) is 0 Å². The smallest absolute Gasteiger partial charge is 0.261 e. The lowest BCUT2D eigenvalue weighted by Gasteiger charge is -2.07. The van der Waals surface area contributed by atoms with Gasteiger partial charge < -0.3 is 22.9 Å². The Hall–Kier alpha value is -2.66. The predicted octanol–water partition coefficient (Wildman–Crippen LogP) is -2.74. The summed E-state index contributed by atoms with van der Waals surface area (Å²) in [5, 5.41) is 0.469. The Morgan fingerprint density at radius 3 is 1.18 bits per heavy atom. The van der Waals surface area contributed by atoms with E-state index in [1.165, 1.54) is 12.1 Å². The van der Waals surface area contributed by atoms with Gasteiger partial charge in [-0.05, 0) is 25.0 Å². The molecule has 0 fully saturated rings.